The number of rotatable bonds is 5. The number of nitrogens with zero attached hydrogens (tertiary/aromatic N) is 6. The molecular weight excluding hydrogens is 670 g/mol. The number of piperidine rings is 1. The van der Waals surface area contributed by atoms with E-state index in [-0.39, 0.29) is 30.1 Å². The summed E-state index contributed by atoms with van der Waals surface area (Å²) in [6.45, 7) is 4.11. The second-order valence-electron chi connectivity index (χ2n) is 15.0. The molecule has 4 atom stereocenters. The molecule has 13 heteroatoms. The zero-order valence-electron chi connectivity index (χ0n) is 30.2. The molecule has 4 saturated heterocycles. The molecule has 3 aromatic carbocycles. The van der Waals surface area contributed by atoms with E-state index >= 15 is 0 Å². The van der Waals surface area contributed by atoms with Gasteiger partial charge in [-0.25, -0.2) is 19.6 Å². The summed E-state index contributed by atoms with van der Waals surface area (Å²) in [5, 5.41) is 2.70. The molecule has 0 saturated carbocycles. The number of hydrogen-bond acceptors (Lipinski definition) is 7. The van der Waals surface area contributed by atoms with Crippen LogP contribution in [0.15, 0.2) is 60.7 Å². The van der Waals surface area contributed by atoms with Crippen molar-refractivity contribution < 1.29 is 19.1 Å². The van der Waals surface area contributed by atoms with Crippen LogP contribution in [0.4, 0.5) is 9.59 Å². The third-order valence-electron chi connectivity index (χ3n) is 11.8. The van der Waals surface area contributed by atoms with Crippen molar-refractivity contribution in [2.24, 2.45) is 0 Å². The van der Waals surface area contributed by atoms with Gasteiger partial charge in [-0.1, -0.05) is 36.4 Å². The van der Waals surface area contributed by atoms with E-state index in [1.165, 1.54) is 7.11 Å². The van der Waals surface area contributed by atoms with E-state index in [0.29, 0.717) is 6.42 Å². The Morgan fingerprint density at radius 3 is 1.94 bits per heavy atom. The number of aromatic amines is 2. The lowest BCUT2D eigenvalue weighted by Gasteiger charge is -2.37. The molecule has 53 heavy (non-hydrogen) atoms. The maximum Gasteiger partial charge on any atom is 0.407 e. The quantitative estimate of drug-likeness (QED) is 0.208. The van der Waals surface area contributed by atoms with Gasteiger partial charge in [0.2, 0.25) is 5.91 Å². The number of urea groups is 1. The Balaban J connectivity index is 0.904. The number of likely N-dealkylation sites (tertiary alicyclic amines) is 1. The minimum Gasteiger partial charge on any atom is -0.453 e. The van der Waals surface area contributed by atoms with E-state index < -0.39 is 12.1 Å². The van der Waals surface area contributed by atoms with Gasteiger partial charge in [0.1, 0.15) is 17.7 Å². The molecule has 6 heterocycles. The summed E-state index contributed by atoms with van der Waals surface area (Å²) in [6, 6.07) is 20.6. The fourth-order valence-corrected chi connectivity index (χ4v) is 8.81. The van der Waals surface area contributed by atoms with Crippen molar-refractivity contribution in [2.45, 2.75) is 62.7 Å². The number of ether oxygens (including phenoxy) is 1. The molecule has 3 N–H and O–H groups in total. The molecule has 4 fully saturated rings. The van der Waals surface area contributed by atoms with Crippen LogP contribution in [0, 0.1) is 0 Å². The highest BCUT2D eigenvalue weighted by Crippen LogP contribution is 2.41. The predicted molar refractivity (Wildman–Crippen MR) is 201 cm³/mol. The second-order valence-corrected chi connectivity index (χ2v) is 15.0. The van der Waals surface area contributed by atoms with Gasteiger partial charge in [0.05, 0.1) is 41.3 Å². The summed E-state index contributed by atoms with van der Waals surface area (Å²) < 4.78 is 4.74. The molecular formula is C40H45N9O4. The lowest BCUT2D eigenvalue weighted by atomic mass is 9.98. The maximum atomic E-state index is 13.5. The smallest absolute Gasteiger partial charge is 0.407 e. The van der Waals surface area contributed by atoms with E-state index in [9.17, 15) is 14.4 Å². The van der Waals surface area contributed by atoms with Crippen LogP contribution >= 0.6 is 0 Å². The van der Waals surface area contributed by atoms with Crippen LogP contribution in [0.5, 0.6) is 0 Å². The van der Waals surface area contributed by atoms with Gasteiger partial charge in [-0.2, -0.15) is 0 Å². The number of carbonyl (C=O) groups is 3. The molecule has 0 unspecified atom stereocenters. The molecule has 13 nitrogen and oxygen atoms in total. The molecule has 274 valence electrons. The number of nitrogens with one attached hydrogen (secondary N) is 3. The first-order valence-electron chi connectivity index (χ1n) is 18.8. The van der Waals surface area contributed by atoms with Crippen LogP contribution in [0.1, 0.15) is 62.3 Å². The van der Waals surface area contributed by atoms with Crippen molar-refractivity contribution in [1.82, 2.24) is 44.9 Å². The Morgan fingerprint density at radius 2 is 1.32 bits per heavy atom. The van der Waals surface area contributed by atoms with Crippen LogP contribution < -0.4 is 5.32 Å². The first-order chi connectivity index (χ1) is 25.8. The Labute approximate surface area is 307 Å². The molecule has 9 rings (SSSR count). The first-order valence-corrected chi connectivity index (χ1v) is 18.8. The van der Waals surface area contributed by atoms with Crippen LogP contribution in [0.3, 0.4) is 0 Å². The largest absolute Gasteiger partial charge is 0.453 e. The number of amides is 4. The van der Waals surface area contributed by atoms with Crippen LogP contribution in [-0.2, 0) is 9.53 Å². The number of H-pyrrole nitrogens is 2. The van der Waals surface area contributed by atoms with Crippen molar-refractivity contribution >= 4 is 40.1 Å². The van der Waals surface area contributed by atoms with Gasteiger partial charge in [-0.05, 0) is 92.1 Å². The van der Waals surface area contributed by atoms with Crippen LogP contribution in [0.2, 0.25) is 0 Å². The fraction of sp³-hybridized carbons (Fsp3) is 0.425. The van der Waals surface area contributed by atoms with E-state index in [1.54, 1.807) is 0 Å². The third-order valence-corrected chi connectivity index (χ3v) is 11.8. The average Bonchev–Trinajstić information content (AvgIpc) is 4.00. The van der Waals surface area contributed by atoms with Gasteiger partial charge < -0.3 is 39.6 Å². The maximum absolute atomic E-state index is 13.5. The van der Waals surface area contributed by atoms with Gasteiger partial charge >= 0.3 is 12.1 Å². The number of piperazine rings is 1. The van der Waals surface area contributed by atoms with Crippen molar-refractivity contribution in [1.29, 1.82) is 0 Å². The molecule has 0 bridgehead atoms. The third kappa shape index (κ3) is 6.16. The first kappa shape index (κ1) is 33.4. The highest BCUT2D eigenvalue weighted by molar-refractivity contribution is 5.88. The molecule has 0 radical (unpaired) electrons. The van der Waals surface area contributed by atoms with Crippen molar-refractivity contribution in [3.63, 3.8) is 0 Å². The number of fused-ring (bicyclic) bond motifs is 3. The Hall–Kier alpha value is -5.43. The van der Waals surface area contributed by atoms with E-state index in [2.05, 4.69) is 81.8 Å². The van der Waals surface area contributed by atoms with Gasteiger partial charge in [0.25, 0.3) is 0 Å². The summed E-state index contributed by atoms with van der Waals surface area (Å²) in [7, 11) is 3.41. The monoisotopic (exact) mass is 715 g/mol. The number of benzene rings is 3. The van der Waals surface area contributed by atoms with Gasteiger partial charge in [0.15, 0.2) is 0 Å². The Morgan fingerprint density at radius 1 is 0.736 bits per heavy atom. The number of imidazole rings is 2. The van der Waals surface area contributed by atoms with Crippen molar-refractivity contribution in [3.05, 3.63) is 72.3 Å². The molecule has 0 spiro atoms. The van der Waals surface area contributed by atoms with Gasteiger partial charge in [-0.3, -0.25) is 4.79 Å². The minimum absolute atomic E-state index is 0.0365. The molecule has 4 amide bonds. The SMILES string of the molecule is COC(=O)N[C@H]1CC[C@H]2CC[C@@H](c3nc4ccc(-c5ccc(-c6ccc7nc([C@@H]8CCCN8C(=O)N8CCN(C)CC8)[nH]c7c6)cc5)cc4[nH]3)N2C1=O. The predicted octanol–water partition coefficient (Wildman–Crippen LogP) is 5.83. The lowest BCUT2D eigenvalue weighted by molar-refractivity contribution is -0.139. The van der Waals surface area contributed by atoms with Crippen molar-refractivity contribution in [2.75, 3.05) is 46.9 Å². The molecule has 4 aliphatic heterocycles. The van der Waals surface area contributed by atoms with E-state index in [0.717, 1.165) is 121 Å². The zero-order chi connectivity index (χ0) is 36.2. The van der Waals surface area contributed by atoms with Gasteiger partial charge in [0, 0.05) is 38.8 Å². The topological polar surface area (TPSA) is 143 Å². The number of likely N-dealkylation sites (N-methyl/N-ethyl adjacent to an activating group) is 1. The highest BCUT2D eigenvalue weighted by atomic mass is 16.5. The fourth-order valence-electron chi connectivity index (χ4n) is 8.81. The number of hydrogen-bond donors (Lipinski definition) is 3. The average molecular weight is 716 g/mol. The van der Waals surface area contributed by atoms with Crippen LogP contribution in [0.25, 0.3) is 44.3 Å². The number of alkyl carbamates (subject to hydrolysis) is 1. The minimum atomic E-state index is -0.586. The van der Waals surface area contributed by atoms with Crippen LogP contribution in [-0.4, -0.2) is 117 Å². The summed E-state index contributed by atoms with van der Waals surface area (Å²) >= 11 is 0. The second kappa shape index (κ2) is 13.5. The molecule has 5 aromatic rings. The standard InChI is InChI=1S/C40H45N9O4/c1-46-18-20-47(21-19-46)40(52)48-17-3-4-34(48)36-41-29-13-9-26(22-32(29)43-36)24-5-7-25(8-6-24)27-10-14-30-33(23-27)44-37(42-30)35-16-12-28-11-15-31(38(50)49(28)35)45-39(51)53-2/h5-10,13-14,22-23,28,31,34-35H,3-4,11-12,15-21H2,1-2H3,(H,41,43)(H,42,44)(H,45,51)/t28-,31-,34-,35-/m0/s1. The molecule has 2 aromatic heterocycles. The van der Waals surface area contributed by atoms with Crippen molar-refractivity contribution in [3.8, 4) is 22.3 Å². The summed E-state index contributed by atoms with van der Waals surface area (Å²) in [4.78, 5) is 63.8. The number of aromatic nitrogens is 4. The summed E-state index contributed by atoms with van der Waals surface area (Å²) in [5.41, 5.74) is 8.01. The summed E-state index contributed by atoms with van der Waals surface area (Å²) in [5.74, 6) is 1.57. The zero-order valence-corrected chi connectivity index (χ0v) is 30.2. The lowest BCUT2D eigenvalue weighted by Crippen LogP contribution is -2.54. The number of carbonyl (C=O) groups excluding carboxylic acids is 3. The number of methoxy groups -OCH3 is 1. The molecule has 0 aliphatic carbocycles. The van der Waals surface area contributed by atoms with E-state index in [4.69, 9.17) is 14.7 Å². The Kier molecular flexibility index (Phi) is 8.52. The highest BCUT2D eigenvalue weighted by Gasteiger charge is 2.45. The van der Waals surface area contributed by atoms with Gasteiger partial charge in [-0.15, -0.1) is 0 Å². The molecule has 4 aliphatic rings. The Bertz CT molecular complexity index is 2190. The summed E-state index contributed by atoms with van der Waals surface area (Å²) in [6.07, 6.45) is 4.51. The normalized spacial score (nSPS) is 23.6. The van der Waals surface area contributed by atoms with E-state index in [1.807, 2.05) is 20.8 Å².